The van der Waals surface area contributed by atoms with Crippen LogP contribution in [0.5, 0.6) is 5.75 Å². The van der Waals surface area contributed by atoms with Crippen molar-refractivity contribution in [2.75, 3.05) is 10.6 Å². The zero-order valence-electron chi connectivity index (χ0n) is 16.1. The van der Waals surface area contributed by atoms with E-state index in [2.05, 4.69) is 17.6 Å². The molecule has 3 aromatic rings. The van der Waals surface area contributed by atoms with Crippen molar-refractivity contribution in [2.24, 2.45) is 5.92 Å². The van der Waals surface area contributed by atoms with Crippen LogP contribution in [0.3, 0.4) is 0 Å². The maximum absolute atomic E-state index is 13.1. The van der Waals surface area contributed by atoms with Gasteiger partial charge in [0.15, 0.2) is 0 Å². The Morgan fingerprint density at radius 2 is 1.83 bits per heavy atom. The summed E-state index contributed by atoms with van der Waals surface area (Å²) in [5.41, 5.74) is 2.62. The zero-order chi connectivity index (χ0) is 20.4. The Morgan fingerprint density at radius 1 is 1.03 bits per heavy atom. The van der Waals surface area contributed by atoms with E-state index >= 15 is 0 Å². The Balaban J connectivity index is 1.67. The zero-order valence-corrected chi connectivity index (χ0v) is 16.9. The van der Waals surface area contributed by atoms with Gasteiger partial charge in [-0.1, -0.05) is 31.2 Å². The highest BCUT2D eigenvalue weighted by Crippen LogP contribution is 2.40. The van der Waals surface area contributed by atoms with Crippen molar-refractivity contribution in [1.82, 2.24) is 0 Å². The number of fused-ring (bicyclic) bond motifs is 1. The Kier molecular flexibility index (Phi) is 5.36. The Morgan fingerprint density at radius 3 is 2.59 bits per heavy atom. The number of carbonyl (C=O) groups excluding carboxylic acids is 2. The molecule has 0 saturated carbocycles. The predicted octanol–water partition coefficient (Wildman–Crippen LogP) is 5.08. The van der Waals surface area contributed by atoms with Crippen LogP contribution in [0.25, 0.3) is 0 Å². The molecule has 1 atom stereocenters. The van der Waals surface area contributed by atoms with Crippen molar-refractivity contribution >= 4 is 33.8 Å². The summed E-state index contributed by atoms with van der Waals surface area (Å²) in [5.74, 6) is 0.136. The molecule has 0 fully saturated rings. The van der Waals surface area contributed by atoms with Crippen LogP contribution in [0.15, 0.2) is 54.6 Å². The molecule has 1 heterocycles. The second-order valence-corrected chi connectivity index (χ2v) is 8.49. The van der Waals surface area contributed by atoms with Crippen molar-refractivity contribution < 1.29 is 14.7 Å². The Hall–Kier alpha value is -3.12. The lowest BCUT2D eigenvalue weighted by Crippen LogP contribution is -2.19. The van der Waals surface area contributed by atoms with Crippen LogP contribution in [0.2, 0.25) is 0 Å². The topological polar surface area (TPSA) is 78.4 Å². The number of phenolic OH excluding ortho intramolecular Hbond substituents is 1. The summed E-state index contributed by atoms with van der Waals surface area (Å²) in [6.45, 7) is 2.21. The number of hydrogen-bond donors (Lipinski definition) is 3. The molecule has 6 heteroatoms. The van der Waals surface area contributed by atoms with Gasteiger partial charge >= 0.3 is 0 Å². The molecule has 1 aliphatic carbocycles. The third kappa shape index (κ3) is 4.17. The van der Waals surface area contributed by atoms with Crippen molar-refractivity contribution in [3.63, 3.8) is 0 Å². The minimum Gasteiger partial charge on any atom is -0.508 e. The lowest BCUT2D eigenvalue weighted by molar-refractivity contribution is 0.102. The number of hydrogen-bond acceptors (Lipinski definition) is 4. The third-order valence-corrected chi connectivity index (χ3v) is 6.28. The molecule has 0 radical (unpaired) electrons. The van der Waals surface area contributed by atoms with Crippen LogP contribution in [-0.4, -0.2) is 16.9 Å². The summed E-state index contributed by atoms with van der Waals surface area (Å²) >= 11 is 1.49. The highest BCUT2D eigenvalue weighted by atomic mass is 32.1. The van der Waals surface area contributed by atoms with E-state index in [-0.39, 0.29) is 17.6 Å². The fourth-order valence-corrected chi connectivity index (χ4v) is 5.02. The first-order valence-electron chi connectivity index (χ1n) is 9.62. The van der Waals surface area contributed by atoms with E-state index in [0.717, 1.165) is 29.7 Å². The maximum atomic E-state index is 13.1. The van der Waals surface area contributed by atoms with Crippen LogP contribution < -0.4 is 10.6 Å². The molecule has 3 N–H and O–H groups in total. The highest BCUT2D eigenvalue weighted by Gasteiger charge is 2.28. The van der Waals surface area contributed by atoms with Crippen LogP contribution in [-0.2, 0) is 12.8 Å². The number of aromatic hydroxyl groups is 1. The number of rotatable bonds is 4. The molecule has 148 valence electrons. The average molecular weight is 407 g/mol. The second-order valence-electron chi connectivity index (χ2n) is 7.38. The Bertz CT molecular complexity index is 1060. The lowest BCUT2D eigenvalue weighted by atomic mass is 9.88. The predicted molar refractivity (Wildman–Crippen MR) is 116 cm³/mol. The number of benzene rings is 2. The van der Waals surface area contributed by atoms with Gasteiger partial charge in [0.2, 0.25) is 0 Å². The first kappa shape index (κ1) is 19.2. The minimum atomic E-state index is -0.272. The molecule has 0 bridgehead atoms. The standard InChI is InChI=1S/C23H22N2O3S/c1-14-10-11-18-19(12-14)29-23(25-21(27)15-6-3-2-4-7-15)20(18)22(28)24-16-8-5-9-17(26)13-16/h2-9,13-14,26H,10-12H2,1H3,(H,24,28)(H,25,27). The summed E-state index contributed by atoms with van der Waals surface area (Å²) < 4.78 is 0. The van der Waals surface area contributed by atoms with Gasteiger partial charge in [-0.25, -0.2) is 0 Å². The molecule has 29 heavy (non-hydrogen) atoms. The quantitative estimate of drug-likeness (QED) is 0.565. The fourth-order valence-electron chi connectivity index (χ4n) is 3.62. The minimum absolute atomic E-state index is 0.0848. The van der Waals surface area contributed by atoms with Gasteiger partial charge in [-0.2, -0.15) is 0 Å². The van der Waals surface area contributed by atoms with E-state index in [1.165, 1.54) is 17.4 Å². The SMILES string of the molecule is CC1CCc2c(sc(NC(=O)c3ccccc3)c2C(=O)Nc2cccc(O)c2)C1. The van der Waals surface area contributed by atoms with E-state index in [1.54, 1.807) is 30.3 Å². The number of thiophene rings is 1. The van der Waals surface area contributed by atoms with Gasteiger partial charge in [0.25, 0.3) is 11.8 Å². The fraction of sp³-hybridized carbons (Fsp3) is 0.217. The number of amides is 2. The molecule has 1 aliphatic rings. The van der Waals surface area contributed by atoms with Crippen LogP contribution in [0.4, 0.5) is 10.7 Å². The Labute approximate surface area is 173 Å². The van der Waals surface area contributed by atoms with Gasteiger partial charge in [0.1, 0.15) is 10.8 Å². The molecule has 0 saturated heterocycles. The molecule has 1 unspecified atom stereocenters. The summed E-state index contributed by atoms with van der Waals surface area (Å²) in [7, 11) is 0. The van der Waals surface area contributed by atoms with E-state index in [1.807, 2.05) is 18.2 Å². The van der Waals surface area contributed by atoms with Gasteiger partial charge in [-0.3, -0.25) is 9.59 Å². The summed E-state index contributed by atoms with van der Waals surface area (Å²) in [6, 6.07) is 15.4. The third-order valence-electron chi connectivity index (χ3n) is 5.11. The molecule has 5 nitrogen and oxygen atoms in total. The summed E-state index contributed by atoms with van der Waals surface area (Å²) in [5, 5.41) is 16.1. The maximum Gasteiger partial charge on any atom is 0.258 e. The summed E-state index contributed by atoms with van der Waals surface area (Å²) in [4.78, 5) is 27.0. The second kappa shape index (κ2) is 8.09. The molecule has 0 spiro atoms. The number of phenols is 1. The monoisotopic (exact) mass is 406 g/mol. The average Bonchev–Trinajstić information content (AvgIpc) is 3.05. The van der Waals surface area contributed by atoms with Crippen molar-refractivity contribution in [2.45, 2.75) is 26.2 Å². The van der Waals surface area contributed by atoms with Crippen molar-refractivity contribution in [3.05, 3.63) is 76.2 Å². The van der Waals surface area contributed by atoms with Gasteiger partial charge < -0.3 is 15.7 Å². The lowest BCUT2D eigenvalue weighted by Gasteiger charge is -2.18. The normalized spacial score (nSPS) is 15.4. The largest absolute Gasteiger partial charge is 0.508 e. The van der Waals surface area contributed by atoms with E-state index < -0.39 is 0 Å². The summed E-state index contributed by atoms with van der Waals surface area (Å²) in [6.07, 6.45) is 2.74. The van der Waals surface area contributed by atoms with Gasteiger partial charge in [-0.15, -0.1) is 11.3 Å². The molecule has 4 rings (SSSR count). The molecule has 1 aromatic heterocycles. The number of anilines is 2. The molecular weight excluding hydrogens is 384 g/mol. The van der Waals surface area contributed by atoms with Crippen LogP contribution in [0, 0.1) is 5.92 Å². The number of nitrogens with one attached hydrogen (secondary N) is 2. The molecule has 2 aromatic carbocycles. The van der Waals surface area contributed by atoms with Crippen LogP contribution in [0.1, 0.15) is 44.5 Å². The molecule has 0 aliphatic heterocycles. The van der Waals surface area contributed by atoms with Crippen molar-refractivity contribution in [3.8, 4) is 5.75 Å². The smallest absolute Gasteiger partial charge is 0.258 e. The first-order valence-corrected chi connectivity index (χ1v) is 10.4. The van der Waals surface area contributed by atoms with Crippen LogP contribution >= 0.6 is 11.3 Å². The van der Waals surface area contributed by atoms with Crippen molar-refractivity contribution in [1.29, 1.82) is 0 Å². The van der Waals surface area contributed by atoms with Gasteiger partial charge in [0.05, 0.1) is 5.56 Å². The molecule has 2 amide bonds. The first-order chi connectivity index (χ1) is 14.0. The van der Waals surface area contributed by atoms with Gasteiger partial charge in [-0.05, 0) is 55.0 Å². The van der Waals surface area contributed by atoms with E-state index in [9.17, 15) is 14.7 Å². The van der Waals surface area contributed by atoms with E-state index in [0.29, 0.717) is 27.7 Å². The highest BCUT2D eigenvalue weighted by molar-refractivity contribution is 7.17. The van der Waals surface area contributed by atoms with Gasteiger partial charge in [0, 0.05) is 22.2 Å². The number of carbonyl (C=O) groups is 2. The van der Waals surface area contributed by atoms with E-state index in [4.69, 9.17) is 0 Å². The molecular formula is C23H22N2O3S.